The van der Waals surface area contributed by atoms with Crippen LogP contribution >= 0.6 is 11.6 Å². The van der Waals surface area contributed by atoms with Crippen LogP contribution in [0.1, 0.15) is 24.5 Å². The third-order valence-corrected chi connectivity index (χ3v) is 5.48. The van der Waals surface area contributed by atoms with Crippen LogP contribution in [0.3, 0.4) is 0 Å². The fraction of sp³-hybridized carbons (Fsp3) is 0.562. The molecule has 1 aromatic rings. The molecular weight excluding hydrogens is 366 g/mol. The van der Waals surface area contributed by atoms with E-state index in [0.29, 0.717) is 31.0 Å². The summed E-state index contributed by atoms with van der Waals surface area (Å²) < 4.78 is 31.5. The summed E-state index contributed by atoms with van der Waals surface area (Å²) in [7, 11) is -3.41. The average Bonchev–Trinajstić information content (AvgIpc) is 2.55. The van der Waals surface area contributed by atoms with Crippen molar-refractivity contribution in [2.75, 3.05) is 26.0 Å². The molecule has 9 heteroatoms. The molecule has 1 aliphatic carbocycles. The lowest BCUT2D eigenvalue weighted by Crippen LogP contribution is -2.58. The van der Waals surface area contributed by atoms with Gasteiger partial charge in [-0.3, -0.25) is 9.78 Å². The molecule has 3 unspecified atom stereocenters. The van der Waals surface area contributed by atoms with Gasteiger partial charge in [-0.1, -0.05) is 11.6 Å². The quantitative estimate of drug-likeness (QED) is 0.832. The van der Waals surface area contributed by atoms with Crippen LogP contribution in [0.4, 0.5) is 0 Å². The number of aromatic nitrogens is 1. The van der Waals surface area contributed by atoms with E-state index in [4.69, 9.17) is 16.3 Å². The highest BCUT2D eigenvalue weighted by molar-refractivity contribution is 7.88. The van der Waals surface area contributed by atoms with Gasteiger partial charge in [0.15, 0.2) is 0 Å². The van der Waals surface area contributed by atoms with Crippen molar-refractivity contribution in [2.24, 2.45) is 0 Å². The first-order valence-corrected chi connectivity index (χ1v) is 10.4. The van der Waals surface area contributed by atoms with Gasteiger partial charge in [0, 0.05) is 30.4 Å². The van der Waals surface area contributed by atoms with Gasteiger partial charge in [0.25, 0.3) is 0 Å². The van der Waals surface area contributed by atoms with Crippen LogP contribution in [-0.2, 0) is 19.6 Å². The molecule has 25 heavy (non-hydrogen) atoms. The zero-order valence-electron chi connectivity index (χ0n) is 13.9. The summed E-state index contributed by atoms with van der Waals surface area (Å²) >= 11 is 5.89. The number of ether oxygens (including phenoxy) is 1. The standard InChI is InChI=1S/C16H21ClN3O4S/c1-25(22,23)19-14-8-11(13-4-3-12(17)9-18-13)2-5-15(14)20-6-7-24-10-16(20)21/h3-5,9,11,14-15,19H,2,6-8,10H2,1H3. The summed E-state index contributed by atoms with van der Waals surface area (Å²) in [4.78, 5) is 18.2. The van der Waals surface area contributed by atoms with Crippen molar-refractivity contribution >= 4 is 27.5 Å². The van der Waals surface area contributed by atoms with Crippen LogP contribution in [0, 0.1) is 6.42 Å². The van der Waals surface area contributed by atoms with Gasteiger partial charge in [-0.15, -0.1) is 0 Å². The number of nitrogens with one attached hydrogen (secondary N) is 1. The molecule has 7 nitrogen and oxygen atoms in total. The Balaban J connectivity index is 1.80. The highest BCUT2D eigenvalue weighted by atomic mass is 35.5. The van der Waals surface area contributed by atoms with Crippen molar-refractivity contribution < 1.29 is 17.9 Å². The number of carbonyl (C=O) groups is 1. The molecular formula is C16H21ClN3O4S. The molecule has 1 aromatic heterocycles. The summed E-state index contributed by atoms with van der Waals surface area (Å²) in [5.74, 6) is -0.0419. The highest BCUT2D eigenvalue weighted by Gasteiger charge is 2.39. The summed E-state index contributed by atoms with van der Waals surface area (Å²) in [6.45, 7) is 0.966. The molecule has 1 N–H and O–H groups in total. The average molecular weight is 387 g/mol. The van der Waals surface area contributed by atoms with Crippen molar-refractivity contribution in [3.05, 3.63) is 35.5 Å². The number of nitrogens with zero attached hydrogens (tertiary/aromatic N) is 2. The Hall–Kier alpha value is -1.22. The molecule has 1 radical (unpaired) electrons. The number of sulfonamides is 1. The van der Waals surface area contributed by atoms with Crippen LogP contribution in [0.25, 0.3) is 0 Å². The van der Waals surface area contributed by atoms with E-state index >= 15 is 0 Å². The fourth-order valence-electron chi connectivity index (χ4n) is 3.46. The van der Waals surface area contributed by atoms with Gasteiger partial charge in [-0.2, -0.15) is 0 Å². The van der Waals surface area contributed by atoms with Gasteiger partial charge in [0.1, 0.15) is 6.61 Å². The van der Waals surface area contributed by atoms with E-state index in [1.54, 1.807) is 17.2 Å². The summed E-state index contributed by atoms with van der Waals surface area (Å²) in [5.41, 5.74) is 0.868. The number of hydrogen-bond acceptors (Lipinski definition) is 5. The van der Waals surface area contributed by atoms with E-state index < -0.39 is 16.1 Å². The monoisotopic (exact) mass is 386 g/mol. The van der Waals surface area contributed by atoms with Gasteiger partial charge in [0.2, 0.25) is 15.9 Å². The predicted octanol–water partition coefficient (Wildman–Crippen LogP) is 0.962. The number of hydrogen-bond donors (Lipinski definition) is 1. The fourth-order valence-corrected chi connectivity index (χ4v) is 4.36. The SMILES string of the molecule is CS(=O)(=O)NC1CC(c2ccc(Cl)cn2)C[CH]C1N1CCOCC1=O. The van der Waals surface area contributed by atoms with E-state index in [1.165, 1.54) is 0 Å². The van der Waals surface area contributed by atoms with Crippen LogP contribution in [-0.4, -0.2) is 62.3 Å². The molecule has 137 valence electrons. The first-order chi connectivity index (χ1) is 11.8. The molecule has 1 aliphatic heterocycles. The molecule has 3 atom stereocenters. The minimum atomic E-state index is -3.41. The molecule has 1 amide bonds. The molecule has 2 aliphatic rings. The van der Waals surface area contributed by atoms with Crippen molar-refractivity contribution in [1.82, 2.24) is 14.6 Å². The van der Waals surface area contributed by atoms with Crippen molar-refractivity contribution in [3.8, 4) is 0 Å². The van der Waals surface area contributed by atoms with Crippen LogP contribution < -0.4 is 4.72 Å². The maximum Gasteiger partial charge on any atom is 0.248 e. The van der Waals surface area contributed by atoms with Gasteiger partial charge < -0.3 is 9.64 Å². The molecule has 2 heterocycles. The first-order valence-electron chi connectivity index (χ1n) is 8.13. The maximum atomic E-state index is 12.2. The smallest absolute Gasteiger partial charge is 0.248 e. The van der Waals surface area contributed by atoms with E-state index in [2.05, 4.69) is 9.71 Å². The molecule has 0 spiro atoms. The second-order valence-corrected chi connectivity index (χ2v) is 8.65. The Morgan fingerprint density at radius 2 is 2.20 bits per heavy atom. The van der Waals surface area contributed by atoms with Crippen LogP contribution in [0.5, 0.6) is 0 Å². The zero-order valence-corrected chi connectivity index (χ0v) is 15.5. The Labute approximate surface area is 152 Å². The molecule has 0 bridgehead atoms. The molecule has 3 rings (SSSR count). The third kappa shape index (κ3) is 4.69. The summed E-state index contributed by atoms with van der Waals surface area (Å²) in [6, 6.07) is 2.96. The number of amides is 1. The first kappa shape index (κ1) is 18.6. The second kappa shape index (κ2) is 7.57. The number of halogens is 1. The minimum Gasteiger partial charge on any atom is -0.370 e. The number of pyridine rings is 1. The van der Waals surface area contributed by atoms with E-state index in [9.17, 15) is 13.2 Å². The van der Waals surface area contributed by atoms with Gasteiger partial charge in [-0.25, -0.2) is 13.1 Å². The lowest BCUT2D eigenvalue weighted by atomic mass is 9.80. The lowest BCUT2D eigenvalue weighted by molar-refractivity contribution is -0.145. The maximum absolute atomic E-state index is 12.2. The van der Waals surface area contributed by atoms with E-state index in [0.717, 1.165) is 11.9 Å². The number of carbonyl (C=O) groups excluding carboxylic acids is 1. The Morgan fingerprint density at radius 1 is 1.40 bits per heavy atom. The van der Waals surface area contributed by atoms with Crippen molar-refractivity contribution in [2.45, 2.75) is 30.8 Å². The largest absolute Gasteiger partial charge is 0.370 e. The molecule has 1 saturated heterocycles. The lowest BCUT2D eigenvalue weighted by Gasteiger charge is -2.43. The third-order valence-electron chi connectivity index (χ3n) is 4.53. The van der Waals surface area contributed by atoms with E-state index in [1.807, 2.05) is 12.5 Å². The minimum absolute atomic E-state index is 0.0398. The second-order valence-electron chi connectivity index (χ2n) is 6.43. The van der Waals surface area contributed by atoms with Crippen molar-refractivity contribution in [1.29, 1.82) is 0 Å². The Morgan fingerprint density at radius 3 is 2.84 bits per heavy atom. The van der Waals surface area contributed by atoms with Crippen molar-refractivity contribution in [3.63, 3.8) is 0 Å². The van der Waals surface area contributed by atoms with E-state index in [-0.39, 0.29) is 24.5 Å². The highest BCUT2D eigenvalue weighted by Crippen LogP contribution is 2.34. The normalized spacial score (nSPS) is 28.2. The predicted molar refractivity (Wildman–Crippen MR) is 93.6 cm³/mol. The number of morpholine rings is 1. The van der Waals surface area contributed by atoms with Crippen LogP contribution in [0.2, 0.25) is 5.02 Å². The summed E-state index contributed by atoms with van der Waals surface area (Å²) in [6.07, 6.45) is 6.01. The van der Waals surface area contributed by atoms with Gasteiger partial charge in [0.05, 0.1) is 23.9 Å². The number of rotatable bonds is 4. The zero-order chi connectivity index (χ0) is 18.0. The molecule has 1 saturated carbocycles. The van der Waals surface area contributed by atoms with Gasteiger partial charge in [-0.05, 0) is 31.4 Å². The molecule has 2 fully saturated rings. The summed E-state index contributed by atoms with van der Waals surface area (Å²) in [5, 5.41) is 0.561. The molecule has 0 aromatic carbocycles. The van der Waals surface area contributed by atoms with Crippen LogP contribution in [0.15, 0.2) is 18.3 Å². The Kier molecular flexibility index (Phi) is 5.62. The Bertz CT molecular complexity index is 725. The topological polar surface area (TPSA) is 88.6 Å². The van der Waals surface area contributed by atoms with Gasteiger partial charge >= 0.3 is 0 Å².